The molecule has 0 saturated heterocycles. The molecule has 8 heteroatoms. The first-order valence-corrected chi connectivity index (χ1v) is 8.00. The Morgan fingerprint density at radius 1 is 1.45 bits per heavy atom. The number of halogens is 1. The van der Waals surface area contributed by atoms with Crippen molar-refractivity contribution in [2.45, 2.75) is 37.4 Å². The highest BCUT2D eigenvalue weighted by atomic mass is 35.5. The zero-order valence-electron chi connectivity index (χ0n) is 11.1. The third-order valence-corrected chi connectivity index (χ3v) is 4.74. The monoisotopic (exact) mass is 317 g/mol. The lowest BCUT2D eigenvalue weighted by Gasteiger charge is -2.15. The van der Waals surface area contributed by atoms with Gasteiger partial charge >= 0.3 is 0 Å². The van der Waals surface area contributed by atoms with Crippen LogP contribution in [-0.4, -0.2) is 35.1 Å². The molecule has 2 atom stereocenters. The molecule has 2 unspecified atom stereocenters. The summed E-state index contributed by atoms with van der Waals surface area (Å²) in [5, 5.41) is 9.13. The molecule has 0 aliphatic heterocycles. The van der Waals surface area contributed by atoms with Crippen LogP contribution in [0.15, 0.2) is 29.4 Å². The Morgan fingerprint density at radius 2 is 2.15 bits per heavy atom. The van der Waals surface area contributed by atoms with Gasteiger partial charge in [0.15, 0.2) is 10.2 Å². The summed E-state index contributed by atoms with van der Waals surface area (Å²) in [6, 6.07) is 4.71. The summed E-state index contributed by atoms with van der Waals surface area (Å²) in [4.78, 5) is 4.01. The quantitative estimate of drug-likeness (QED) is 0.873. The molecule has 2 aromatic rings. The number of hydrogen-bond donors (Lipinski definition) is 2. The van der Waals surface area contributed by atoms with Crippen LogP contribution >= 0.6 is 11.6 Å². The number of hydrogen-bond acceptors (Lipinski definition) is 4. The van der Waals surface area contributed by atoms with Gasteiger partial charge in [-0.2, -0.15) is 0 Å². The fourth-order valence-corrected chi connectivity index (χ4v) is 3.97. The van der Waals surface area contributed by atoms with Crippen molar-refractivity contribution in [3.05, 3.63) is 29.5 Å². The summed E-state index contributed by atoms with van der Waals surface area (Å²) in [6.45, 7) is 3.29. The third kappa shape index (κ3) is 3.12. The van der Waals surface area contributed by atoms with Crippen LogP contribution in [0.3, 0.4) is 0 Å². The molecule has 0 radical (unpaired) electrons. The number of aromatic nitrogens is 2. The van der Waals surface area contributed by atoms with E-state index >= 15 is 0 Å². The lowest BCUT2D eigenvalue weighted by Crippen LogP contribution is -2.35. The number of aliphatic hydroxyl groups excluding tert-OH is 1. The first-order chi connectivity index (χ1) is 9.31. The van der Waals surface area contributed by atoms with Crippen molar-refractivity contribution in [3.8, 4) is 0 Å². The smallest absolute Gasteiger partial charge is 0.260 e. The maximum absolute atomic E-state index is 12.4. The van der Waals surface area contributed by atoms with Gasteiger partial charge in [0.25, 0.3) is 10.0 Å². The van der Waals surface area contributed by atoms with E-state index in [0.29, 0.717) is 12.1 Å². The number of sulfonamides is 1. The van der Waals surface area contributed by atoms with Gasteiger partial charge in [0, 0.05) is 12.2 Å². The molecule has 2 rings (SSSR count). The van der Waals surface area contributed by atoms with Crippen molar-refractivity contribution >= 4 is 27.3 Å². The summed E-state index contributed by atoms with van der Waals surface area (Å²) >= 11 is 5.94. The van der Waals surface area contributed by atoms with Crippen LogP contribution in [0.5, 0.6) is 0 Å². The molecule has 0 saturated carbocycles. The maximum Gasteiger partial charge on any atom is 0.260 e. The van der Waals surface area contributed by atoms with Crippen LogP contribution in [0.25, 0.3) is 5.65 Å². The maximum atomic E-state index is 12.4. The molecule has 2 N–H and O–H groups in total. The molecule has 2 aromatic heterocycles. The number of pyridine rings is 1. The number of imidazole rings is 1. The second-order valence-corrected chi connectivity index (χ2v) is 6.73. The van der Waals surface area contributed by atoms with Gasteiger partial charge < -0.3 is 5.11 Å². The van der Waals surface area contributed by atoms with Crippen molar-refractivity contribution < 1.29 is 13.5 Å². The lowest BCUT2D eigenvalue weighted by molar-refractivity contribution is 0.175. The van der Waals surface area contributed by atoms with Crippen LogP contribution in [0.1, 0.15) is 20.3 Å². The molecule has 20 heavy (non-hydrogen) atoms. The number of rotatable bonds is 5. The van der Waals surface area contributed by atoms with Crippen LogP contribution < -0.4 is 4.72 Å². The molecule has 110 valence electrons. The molecule has 0 amide bonds. The van der Waals surface area contributed by atoms with Gasteiger partial charge in [-0.3, -0.25) is 4.40 Å². The number of nitrogens with one attached hydrogen (secondary N) is 1. The Hall–Kier alpha value is -1.15. The summed E-state index contributed by atoms with van der Waals surface area (Å²) in [7, 11) is -3.81. The Labute approximate surface area is 122 Å². The summed E-state index contributed by atoms with van der Waals surface area (Å²) in [6.07, 6.45) is 1.31. The fourth-order valence-electron chi connectivity index (χ4n) is 2.07. The molecule has 0 aliphatic rings. The summed E-state index contributed by atoms with van der Waals surface area (Å²) in [5.41, 5.74) is 0.459. The van der Waals surface area contributed by atoms with E-state index in [1.54, 1.807) is 38.2 Å². The molecular weight excluding hydrogens is 302 g/mol. The fraction of sp³-hybridized carbons (Fsp3) is 0.417. The van der Waals surface area contributed by atoms with Crippen molar-refractivity contribution in [1.82, 2.24) is 14.1 Å². The largest absolute Gasteiger partial charge is 0.393 e. The van der Waals surface area contributed by atoms with E-state index in [-0.39, 0.29) is 10.2 Å². The molecule has 6 nitrogen and oxygen atoms in total. The highest BCUT2D eigenvalue weighted by molar-refractivity contribution is 7.89. The first-order valence-electron chi connectivity index (χ1n) is 6.14. The lowest BCUT2D eigenvalue weighted by atomic mass is 10.2. The van der Waals surface area contributed by atoms with Gasteiger partial charge in [0.05, 0.1) is 6.10 Å². The van der Waals surface area contributed by atoms with E-state index in [1.807, 2.05) is 0 Å². The molecule has 0 bridgehead atoms. The van der Waals surface area contributed by atoms with Crippen molar-refractivity contribution in [1.29, 1.82) is 0 Å². The van der Waals surface area contributed by atoms with Gasteiger partial charge in [-0.1, -0.05) is 17.7 Å². The zero-order valence-corrected chi connectivity index (χ0v) is 12.7. The minimum absolute atomic E-state index is 0.0760. The van der Waals surface area contributed by atoms with Crippen LogP contribution in [0.4, 0.5) is 0 Å². The number of nitrogens with zero attached hydrogens (tertiary/aromatic N) is 2. The van der Waals surface area contributed by atoms with Crippen LogP contribution in [0, 0.1) is 0 Å². The van der Waals surface area contributed by atoms with E-state index in [2.05, 4.69) is 9.71 Å². The molecule has 0 spiro atoms. The van der Waals surface area contributed by atoms with Gasteiger partial charge in [0.2, 0.25) is 0 Å². The predicted molar refractivity (Wildman–Crippen MR) is 76.3 cm³/mol. The molecule has 2 heterocycles. The van der Waals surface area contributed by atoms with E-state index in [1.165, 1.54) is 4.40 Å². The summed E-state index contributed by atoms with van der Waals surface area (Å²) < 4.78 is 28.7. The predicted octanol–water partition coefficient (Wildman–Crippen LogP) is 1.43. The average Bonchev–Trinajstić information content (AvgIpc) is 2.62. The Morgan fingerprint density at radius 3 is 2.80 bits per heavy atom. The Kier molecular flexibility index (Phi) is 4.33. The normalized spacial score (nSPS) is 15.4. The average molecular weight is 318 g/mol. The SMILES string of the molecule is CC(O)CC(C)NS(=O)(=O)c1c(Cl)nc2ccccn12. The van der Waals surface area contributed by atoms with E-state index < -0.39 is 22.2 Å². The second-order valence-electron chi connectivity index (χ2n) is 4.74. The van der Waals surface area contributed by atoms with E-state index in [4.69, 9.17) is 11.6 Å². The molecular formula is C12H16ClN3O3S. The van der Waals surface area contributed by atoms with Crippen molar-refractivity contribution in [3.63, 3.8) is 0 Å². The highest BCUT2D eigenvalue weighted by Gasteiger charge is 2.26. The number of fused-ring (bicyclic) bond motifs is 1. The topological polar surface area (TPSA) is 83.7 Å². The van der Waals surface area contributed by atoms with Gasteiger partial charge in [-0.25, -0.2) is 18.1 Å². The van der Waals surface area contributed by atoms with Crippen molar-refractivity contribution in [2.75, 3.05) is 0 Å². The Bertz CT molecular complexity index is 712. The van der Waals surface area contributed by atoms with Gasteiger partial charge in [-0.15, -0.1) is 0 Å². The molecule has 0 aliphatic carbocycles. The van der Waals surface area contributed by atoms with E-state index in [0.717, 1.165) is 0 Å². The standard InChI is InChI=1S/C12H16ClN3O3S/c1-8(7-9(2)17)15-20(18,19)12-11(13)14-10-5-3-4-6-16(10)12/h3-6,8-9,15,17H,7H2,1-2H3. The highest BCUT2D eigenvalue weighted by Crippen LogP contribution is 2.22. The van der Waals surface area contributed by atoms with Crippen molar-refractivity contribution in [2.24, 2.45) is 0 Å². The zero-order chi connectivity index (χ0) is 14.9. The minimum Gasteiger partial charge on any atom is -0.393 e. The first kappa shape index (κ1) is 15.2. The minimum atomic E-state index is -3.81. The summed E-state index contributed by atoms with van der Waals surface area (Å²) in [5.74, 6) is 0. The van der Waals surface area contributed by atoms with Crippen LogP contribution in [-0.2, 0) is 10.0 Å². The van der Waals surface area contributed by atoms with Gasteiger partial charge in [-0.05, 0) is 32.4 Å². The molecule has 0 fully saturated rings. The molecule has 0 aromatic carbocycles. The second kappa shape index (κ2) is 5.69. The third-order valence-electron chi connectivity index (χ3n) is 2.75. The number of aliphatic hydroxyl groups is 1. The van der Waals surface area contributed by atoms with Gasteiger partial charge in [0.1, 0.15) is 5.65 Å². The van der Waals surface area contributed by atoms with Crippen LogP contribution in [0.2, 0.25) is 5.15 Å². The Balaban J connectivity index is 2.39. The van der Waals surface area contributed by atoms with E-state index in [9.17, 15) is 13.5 Å².